The highest BCUT2D eigenvalue weighted by Crippen LogP contribution is 2.36. The number of nitrogens with zero attached hydrogens (tertiary/aromatic N) is 1. The number of rotatable bonds is 1. The van der Waals surface area contributed by atoms with E-state index in [1.165, 1.54) is 19.4 Å². The second kappa shape index (κ2) is 3.37. The van der Waals surface area contributed by atoms with Gasteiger partial charge in [0.1, 0.15) is 0 Å². The van der Waals surface area contributed by atoms with Crippen LogP contribution in [0.5, 0.6) is 0 Å². The van der Waals surface area contributed by atoms with Crippen LogP contribution in [0.4, 0.5) is 0 Å². The van der Waals surface area contributed by atoms with E-state index in [1.54, 1.807) is 0 Å². The third-order valence-corrected chi connectivity index (χ3v) is 3.38. The molecule has 0 aromatic rings. The van der Waals surface area contributed by atoms with Gasteiger partial charge in [0.2, 0.25) is 0 Å². The zero-order valence-electron chi connectivity index (χ0n) is 9.22. The van der Waals surface area contributed by atoms with Gasteiger partial charge in [-0.05, 0) is 31.2 Å². The van der Waals surface area contributed by atoms with Crippen LogP contribution in [-0.4, -0.2) is 24.5 Å². The molecule has 0 N–H and O–H groups in total. The van der Waals surface area contributed by atoms with Gasteiger partial charge in [0.15, 0.2) is 0 Å². The molecule has 0 aromatic heterocycles. The summed E-state index contributed by atoms with van der Waals surface area (Å²) in [5, 5.41) is 0. The Kier molecular flexibility index (Phi) is 2.82. The van der Waals surface area contributed by atoms with Gasteiger partial charge in [0.25, 0.3) is 0 Å². The summed E-state index contributed by atoms with van der Waals surface area (Å²) in [6.07, 6.45) is 2.71. The lowest BCUT2D eigenvalue weighted by Gasteiger charge is -2.26. The minimum Gasteiger partial charge on any atom is -0.303 e. The molecule has 0 radical (unpaired) electrons. The fourth-order valence-electron chi connectivity index (χ4n) is 2.19. The third kappa shape index (κ3) is 2.01. The summed E-state index contributed by atoms with van der Waals surface area (Å²) in [4.78, 5) is 2.52. The van der Waals surface area contributed by atoms with E-state index in [9.17, 15) is 0 Å². The molecule has 1 aliphatic rings. The fourth-order valence-corrected chi connectivity index (χ4v) is 2.19. The molecule has 0 spiro atoms. The average Bonchev–Trinajstić information content (AvgIpc) is 2.29. The van der Waals surface area contributed by atoms with E-state index >= 15 is 0 Å². The maximum Gasteiger partial charge on any atom is 0.00930 e. The van der Waals surface area contributed by atoms with Crippen molar-refractivity contribution >= 4 is 0 Å². The van der Waals surface area contributed by atoms with Gasteiger partial charge in [0, 0.05) is 12.6 Å². The highest BCUT2D eigenvalue weighted by atomic mass is 15.2. The van der Waals surface area contributed by atoms with Crippen LogP contribution in [0.2, 0.25) is 0 Å². The van der Waals surface area contributed by atoms with Gasteiger partial charge in [-0.15, -0.1) is 0 Å². The summed E-state index contributed by atoms with van der Waals surface area (Å²) in [6.45, 7) is 10.7. The standard InChI is InChI=1S/C11H23N/c1-6-10-7-9(8-12(10)5)11(2,3)4/h9-10H,6-8H2,1-5H3. The second-order valence-electron chi connectivity index (χ2n) is 5.30. The van der Waals surface area contributed by atoms with Crippen molar-refractivity contribution < 1.29 is 0 Å². The van der Waals surface area contributed by atoms with Crippen molar-refractivity contribution in [3.05, 3.63) is 0 Å². The fraction of sp³-hybridized carbons (Fsp3) is 1.00. The van der Waals surface area contributed by atoms with Crippen LogP contribution in [0.3, 0.4) is 0 Å². The molecule has 0 aromatic carbocycles. The van der Waals surface area contributed by atoms with Gasteiger partial charge in [-0.2, -0.15) is 0 Å². The maximum atomic E-state index is 2.52. The van der Waals surface area contributed by atoms with Crippen molar-refractivity contribution in [2.24, 2.45) is 11.3 Å². The highest BCUT2D eigenvalue weighted by Gasteiger charge is 2.35. The molecular formula is C11H23N. The van der Waals surface area contributed by atoms with Crippen molar-refractivity contribution in [2.75, 3.05) is 13.6 Å². The zero-order valence-corrected chi connectivity index (χ0v) is 9.22. The van der Waals surface area contributed by atoms with Crippen LogP contribution < -0.4 is 0 Å². The van der Waals surface area contributed by atoms with E-state index < -0.39 is 0 Å². The zero-order chi connectivity index (χ0) is 9.35. The minimum atomic E-state index is 0.498. The Labute approximate surface area is 77.1 Å². The summed E-state index contributed by atoms with van der Waals surface area (Å²) in [6, 6.07) is 0.842. The van der Waals surface area contributed by atoms with Gasteiger partial charge >= 0.3 is 0 Å². The molecule has 1 nitrogen and oxygen atoms in total. The second-order valence-corrected chi connectivity index (χ2v) is 5.30. The number of hydrogen-bond donors (Lipinski definition) is 0. The minimum absolute atomic E-state index is 0.498. The highest BCUT2D eigenvalue weighted by molar-refractivity contribution is 4.88. The lowest BCUT2D eigenvalue weighted by molar-refractivity contribution is 0.239. The molecule has 2 atom stereocenters. The Hall–Kier alpha value is -0.0400. The molecule has 1 heterocycles. The lowest BCUT2D eigenvalue weighted by Crippen LogP contribution is -2.25. The topological polar surface area (TPSA) is 3.24 Å². The monoisotopic (exact) mass is 169 g/mol. The molecule has 1 saturated heterocycles. The molecule has 0 aliphatic carbocycles. The van der Waals surface area contributed by atoms with Crippen LogP contribution in [-0.2, 0) is 0 Å². The molecule has 12 heavy (non-hydrogen) atoms. The van der Waals surface area contributed by atoms with Gasteiger partial charge in [-0.1, -0.05) is 27.7 Å². The number of hydrogen-bond acceptors (Lipinski definition) is 1. The van der Waals surface area contributed by atoms with E-state index in [4.69, 9.17) is 0 Å². The van der Waals surface area contributed by atoms with Gasteiger partial charge in [-0.25, -0.2) is 0 Å². The molecule has 72 valence electrons. The van der Waals surface area contributed by atoms with Crippen molar-refractivity contribution in [2.45, 2.75) is 46.6 Å². The van der Waals surface area contributed by atoms with Gasteiger partial charge in [-0.3, -0.25) is 0 Å². The molecule has 1 aliphatic heterocycles. The Morgan fingerprint density at radius 3 is 2.17 bits per heavy atom. The first-order valence-corrected chi connectivity index (χ1v) is 5.15. The average molecular weight is 169 g/mol. The molecule has 2 unspecified atom stereocenters. The summed E-state index contributed by atoms with van der Waals surface area (Å²) in [5.74, 6) is 0.896. The van der Waals surface area contributed by atoms with Crippen molar-refractivity contribution in [3.8, 4) is 0 Å². The predicted octanol–water partition coefficient (Wildman–Crippen LogP) is 2.76. The van der Waals surface area contributed by atoms with E-state index in [0.29, 0.717) is 5.41 Å². The van der Waals surface area contributed by atoms with Crippen molar-refractivity contribution in [3.63, 3.8) is 0 Å². The Morgan fingerprint density at radius 2 is 1.92 bits per heavy atom. The first kappa shape index (κ1) is 10.0. The first-order chi connectivity index (χ1) is 5.45. The molecule has 1 fully saturated rings. The van der Waals surface area contributed by atoms with Crippen LogP contribution >= 0.6 is 0 Å². The molecule has 0 amide bonds. The van der Waals surface area contributed by atoms with Crippen molar-refractivity contribution in [1.82, 2.24) is 4.90 Å². The van der Waals surface area contributed by atoms with E-state index in [2.05, 4.69) is 39.6 Å². The number of likely N-dealkylation sites (tertiary alicyclic amines) is 1. The SMILES string of the molecule is CCC1CC(C(C)(C)C)CN1C. The van der Waals surface area contributed by atoms with E-state index in [0.717, 1.165) is 12.0 Å². The lowest BCUT2D eigenvalue weighted by atomic mass is 9.79. The normalized spacial score (nSPS) is 32.8. The summed E-state index contributed by atoms with van der Waals surface area (Å²) in [7, 11) is 2.26. The smallest absolute Gasteiger partial charge is 0.00930 e. The van der Waals surface area contributed by atoms with Crippen LogP contribution in [0, 0.1) is 11.3 Å². The molecule has 1 rings (SSSR count). The van der Waals surface area contributed by atoms with Crippen LogP contribution in [0.15, 0.2) is 0 Å². The summed E-state index contributed by atoms with van der Waals surface area (Å²) in [5.41, 5.74) is 0.498. The van der Waals surface area contributed by atoms with Crippen LogP contribution in [0.25, 0.3) is 0 Å². The van der Waals surface area contributed by atoms with Crippen LogP contribution in [0.1, 0.15) is 40.5 Å². The predicted molar refractivity (Wildman–Crippen MR) is 54.3 cm³/mol. The Morgan fingerprint density at radius 1 is 1.33 bits per heavy atom. The maximum absolute atomic E-state index is 2.52. The van der Waals surface area contributed by atoms with Crippen molar-refractivity contribution in [1.29, 1.82) is 0 Å². The largest absolute Gasteiger partial charge is 0.303 e. The van der Waals surface area contributed by atoms with Gasteiger partial charge in [0.05, 0.1) is 0 Å². The van der Waals surface area contributed by atoms with Gasteiger partial charge < -0.3 is 4.90 Å². The Balaban J connectivity index is 2.54. The Bertz CT molecular complexity index is 146. The quantitative estimate of drug-likeness (QED) is 0.583. The summed E-state index contributed by atoms with van der Waals surface area (Å²) < 4.78 is 0. The third-order valence-electron chi connectivity index (χ3n) is 3.38. The van der Waals surface area contributed by atoms with E-state index in [1.807, 2.05) is 0 Å². The van der Waals surface area contributed by atoms with E-state index in [-0.39, 0.29) is 0 Å². The first-order valence-electron chi connectivity index (χ1n) is 5.15. The molecule has 0 bridgehead atoms. The molecule has 1 heteroatoms. The summed E-state index contributed by atoms with van der Waals surface area (Å²) >= 11 is 0. The molecular weight excluding hydrogens is 146 g/mol. The molecule has 0 saturated carbocycles.